The summed E-state index contributed by atoms with van der Waals surface area (Å²) >= 11 is 0. The first-order chi connectivity index (χ1) is 8.99. The molecule has 0 unspecified atom stereocenters. The topological polar surface area (TPSA) is 107 Å². The van der Waals surface area contributed by atoms with Crippen LogP contribution in [0.4, 0.5) is 0 Å². The lowest BCUT2D eigenvalue weighted by atomic mass is 9.98. The predicted molar refractivity (Wildman–Crippen MR) is 72.2 cm³/mol. The van der Waals surface area contributed by atoms with Crippen molar-refractivity contribution in [1.82, 2.24) is 5.32 Å². The molecule has 7 nitrogen and oxygen atoms in total. The average Bonchev–Trinajstić information content (AvgIpc) is 2.35. The Morgan fingerprint density at radius 3 is 2.63 bits per heavy atom. The summed E-state index contributed by atoms with van der Waals surface area (Å²) < 4.78 is 5.26. The molecule has 108 valence electrons. The van der Waals surface area contributed by atoms with E-state index in [2.05, 4.69) is 22.0 Å². The van der Waals surface area contributed by atoms with Crippen molar-refractivity contribution in [1.29, 1.82) is 0 Å². The second-order valence-corrected chi connectivity index (χ2v) is 4.54. The molecule has 1 rings (SSSR count). The van der Waals surface area contributed by atoms with Gasteiger partial charge in [-0.05, 0) is 20.6 Å². The Morgan fingerprint density at radius 1 is 1.42 bits per heavy atom. The fourth-order valence-electron chi connectivity index (χ4n) is 1.79. The molecule has 0 spiro atoms. The van der Waals surface area contributed by atoms with Gasteiger partial charge >= 0.3 is 0 Å². The second-order valence-electron chi connectivity index (χ2n) is 4.54. The molecule has 0 amide bonds. The highest BCUT2D eigenvalue weighted by Gasteiger charge is 2.38. The molecule has 4 atom stereocenters. The maximum Gasteiger partial charge on any atom is 0.144 e. The number of nitrogens with zero attached hydrogens (tertiary/aromatic N) is 2. The highest BCUT2D eigenvalue weighted by atomic mass is 16.5. The first kappa shape index (κ1) is 15.8. The van der Waals surface area contributed by atoms with E-state index in [1.54, 1.807) is 0 Å². The molecule has 1 aliphatic rings. The summed E-state index contributed by atoms with van der Waals surface area (Å²) in [7, 11) is 0. The van der Waals surface area contributed by atoms with Gasteiger partial charge in [-0.15, -0.1) is 0 Å². The van der Waals surface area contributed by atoms with E-state index in [1.165, 1.54) is 6.20 Å². The van der Waals surface area contributed by atoms with E-state index >= 15 is 0 Å². The zero-order valence-corrected chi connectivity index (χ0v) is 11.2. The van der Waals surface area contributed by atoms with Crippen LogP contribution in [0, 0.1) is 0 Å². The van der Waals surface area contributed by atoms with Crippen molar-refractivity contribution in [2.45, 2.75) is 38.2 Å². The van der Waals surface area contributed by atoms with E-state index in [0.29, 0.717) is 5.82 Å². The minimum absolute atomic E-state index is 0.149. The number of rotatable bonds is 5. The quantitative estimate of drug-likeness (QED) is 0.482. The van der Waals surface area contributed by atoms with E-state index in [9.17, 15) is 10.2 Å². The van der Waals surface area contributed by atoms with Crippen LogP contribution >= 0.6 is 0 Å². The summed E-state index contributed by atoms with van der Waals surface area (Å²) in [6.07, 6.45) is -1.56. The van der Waals surface area contributed by atoms with Crippen LogP contribution in [-0.2, 0) is 4.74 Å². The van der Waals surface area contributed by atoms with Gasteiger partial charge in [-0.25, -0.2) is 4.99 Å². The normalized spacial score (nSPS) is 31.7. The number of nitrogens with one attached hydrogen (secondary N) is 1. The lowest BCUT2D eigenvalue weighted by Gasteiger charge is -2.37. The lowest BCUT2D eigenvalue weighted by molar-refractivity contribution is -0.160. The van der Waals surface area contributed by atoms with Crippen molar-refractivity contribution in [2.24, 2.45) is 9.98 Å². The predicted octanol–water partition coefficient (Wildman–Crippen LogP) is -0.962. The van der Waals surface area contributed by atoms with Crippen molar-refractivity contribution < 1.29 is 20.1 Å². The van der Waals surface area contributed by atoms with Gasteiger partial charge in [-0.1, -0.05) is 0 Å². The summed E-state index contributed by atoms with van der Waals surface area (Å²) in [6.45, 7) is 6.80. The molecule has 0 radical (unpaired) electrons. The molecule has 0 aromatic heterocycles. The summed E-state index contributed by atoms with van der Waals surface area (Å²) in [5, 5.41) is 31.6. The number of ether oxygens (including phenoxy) is 1. The number of aliphatic hydroxyl groups excluding tert-OH is 3. The molecule has 0 saturated carbocycles. The molecule has 7 heteroatoms. The van der Waals surface area contributed by atoms with E-state index < -0.39 is 24.4 Å². The monoisotopic (exact) mass is 271 g/mol. The van der Waals surface area contributed by atoms with Crippen molar-refractivity contribution in [2.75, 3.05) is 13.2 Å². The van der Waals surface area contributed by atoms with Gasteiger partial charge in [0.25, 0.3) is 0 Å². The van der Waals surface area contributed by atoms with Crippen molar-refractivity contribution in [3.05, 3.63) is 12.0 Å². The van der Waals surface area contributed by atoms with Gasteiger partial charge in [0.1, 0.15) is 24.1 Å². The number of aliphatic hydroxyl groups is 3. The van der Waals surface area contributed by atoms with Crippen LogP contribution in [0.25, 0.3) is 0 Å². The Hall–Kier alpha value is -1.28. The van der Waals surface area contributed by atoms with Crippen LogP contribution < -0.4 is 5.32 Å². The Labute approximate surface area is 112 Å². The van der Waals surface area contributed by atoms with E-state index in [4.69, 9.17) is 9.84 Å². The zero-order valence-electron chi connectivity index (χ0n) is 11.2. The Bertz CT molecular complexity index is 366. The van der Waals surface area contributed by atoms with Gasteiger partial charge in [0.05, 0.1) is 25.5 Å². The molecular formula is C12H21N3O4. The van der Waals surface area contributed by atoms with Crippen LogP contribution in [-0.4, -0.2) is 65.3 Å². The molecule has 1 heterocycles. The Morgan fingerprint density at radius 2 is 2.11 bits per heavy atom. The molecular weight excluding hydrogens is 250 g/mol. The largest absolute Gasteiger partial charge is 0.394 e. The first-order valence-corrected chi connectivity index (χ1v) is 6.02. The van der Waals surface area contributed by atoms with Gasteiger partial charge in [-0.3, -0.25) is 4.99 Å². The van der Waals surface area contributed by atoms with Crippen LogP contribution in [0.1, 0.15) is 13.8 Å². The maximum absolute atomic E-state index is 9.96. The highest BCUT2D eigenvalue weighted by Crippen LogP contribution is 2.16. The maximum atomic E-state index is 9.96. The lowest BCUT2D eigenvalue weighted by Crippen LogP contribution is -2.58. The van der Waals surface area contributed by atoms with Gasteiger partial charge < -0.3 is 25.4 Å². The third kappa shape index (κ3) is 4.39. The van der Waals surface area contributed by atoms with Gasteiger partial charge in [0.2, 0.25) is 0 Å². The third-order valence-corrected chi connectivity index (χ3v) is 2.70. The SMILES string of the molecule is C=N/C=C(\N=C(C)C)N[C@H]1CO[C@H](CO)[C@H](O)[C@@H]1O. The van der Waals surface area contributed by atoms with Crippen LogP contribution in [0.15, 0.2) is 22.0 Å². The average molecular weight is 271 g/mol. The van der Waals surface area contributed by atoms with Crippen LogP contribution in [0.2, 0.25) is 0 Å². The third-order valence-electron chi connectivity index (χ3n) is 2.70. The molecule has 1 saturated heterocycles. The Balaban J connectivity index is 2.73. The standard InChI is InChI=1S/C12H21N3O4/c1-7(2)14-10(4-13-3)15-8-6-19-9(5-16)12(18)11(8)17/h4,8-9,11-12,15-18H,3,5-6H2,1-2H3/b10-4+/t8-,9+,11+,12-/m0/s1. The minimum atomic E-state index is -1.15. The van der Waals surface area contributed by atoms with Crippen LogP contribution in [0.3, 0.4) is 0 Å². The van der Waals surface area contributed by atoms with Crippen molar-refractivity contribution in [3.8, 4) is 0 Å². The summed E-state index contributed by atoms with van der Waals surface area (Å²) in [5.74, 6) is 0.428. The van der Waals surface area contributed by atoms with Crippen LogP contribution in [0.5, 0.6) is 0 Å². The summed E-state index contributed by atoms with van der Waals surface area (Å²) in [5.41, 5.74) is 0.808. The number of hydrogen-bond acceptors (Lipinski definition) is 7. The molecule has 19 heavy (non-hydrogen) atoms. The first-order valence-electron chi connectivity index (χ1n) is 6.02. The fourth-order valence-corrected chi connectivity index (χ4v) is 1.79. The molecule has 1 fully saturated rings. The number of hydrogen-bond donors (Lipinski definition) is 4. The van der Waals surface area contributed by atoms with Crippen molar-refractivity contribution >= 4 is 12.4 Å². The minimum Gasteiger partial charge on any atom is -0.394 e. The van der Waals surface area contributed by atoms with Crippen molar-refractivity contribution in [3.63, 3.8) is 0 Å². The fraction of sp³-hybridized carbons (Fsp3) is 0.667. The number of aliphatic imine (C=N–C) groups is 2. The molecule has 1 aliphatic heterocycles. The zero-order chi connectivity index (χ0) is 14.4. The second kappa shape index (κ2) is 7.34. The Kier molecular flexibility index (Phi) is 6.10. The van der Waals surface area contributed by atoms with Gasteiger partial charge in [0.15, 0.2) is 0 Å². The molecule has 0 aliphatic carbocycles. The molecule has 0 aromatic rings. The molecule has 4 N–H and O–H groups in total. The summed E-state index contributed by atoms with van der Waals surface area (Å²) in [4.78, 5) is 7.82. The molecule has 0 bridgehead atoms. The smallest absolute Gasteiger partial charge is 0.144 e. The van der Waals surface area contributed by atoms with E-state index in [-0.39, 0.29) is 13.2 Å². The highest BCUT2D eigenvalue weighted by molar-refractivity contribution is 5.80. The van der Waals surface area contributed by atoms with E-state index in [0.717, 1.165) is 5.71 Å². The van der Waals surface area contributed by atoms with Gasteiger partial charge in [0, 0.05) is 5.71 Å². The van der Waals surface area contributed by atoms with Gasteiger partial charge in [-0.2, -0.15) is 0 Å². The van der Waals surface area contributed by atoms with E-state index in [1.807, 2.05) is 13.8 Å². The summed E-state index contributed by atoms with van der Waals surface area (Å²) in [6, 6.07) is -0.533. The molecule has 0 aromatic carbocycles.